The van der Waals surface area contributed by atoms with E-state index in [0.717, 1.165) is 51.9 Å². The van der Waals surface area contributed by atoms with Crippen molar-refractivity contribution in [2.45, 2.75) is 44.9 Å². The van der Waals surface area contributed by atoms with Crippen molar-refractivity contribution in [1.29, 1.82) is 0 Å². The summed E-state index contributed by atoms with van der Waals surface area (Å²) in [6.45, 7) is 6.73. The topological polar surface area (TPSA) is 88.2 Å². The highest BCUT2D eigenvalue weighted by molar-refractivity contribution is 14.1. The Morgan fingerprint density at radius 3 is 2.02 bits per heavy atom. The van der Waals surface area contributed by atoms with E-state index in [-0.39, 0.29) is 17.4 Å². The van der Waals surface area contributed by atoms with Gasteiger partial charge in [0.25, 0.3) is 11.8 Å². The molecule has 49 heavy (non-hydrogen) atoms. The number of rotatable bonds is 9. The Balaban J connectivity index is 1.34. The Hall–Kier alpha value is -4.64. The normalized spacial score (nSPS) is 19.5. The van der Waals surface area contributed by atoms with Crippen molar-refractivity contribution >= 4 is 57.9 Å². The van der Waals surface area contributed by atoms with E-state index in [4.69, 9.17) is 9.47 Å². The number of ether oxygens (including phenoxy) is 2. The average Bonchev–Trinajstić information content (AvgIpc) is 3.11. The van der Waals surface area contributed by atoms with Crippen LogP contribution in [0.25, 0.3) is 6.08 Å². The van der Waals surface area contributed by atoms with Gasteiger partial charge in [-0.05, 0) is 107 Å². The summed E-state index contributed by atoms with van der Waals surface area (Å²) in [5.74, 6) is -0.0683. The lowest BCUT2D eigenvalue weighted by molar-refractivity contribution is -0.122. The van der Waals surface area contributed by atoms with Crippen LogP contribution < -0.4 is 24.6 Å². The lowest BCUT2D eigenvalue weighted by atomic mass is 9.76. The van der Waals surface area contributed by atoms with Crippen LogP contribution in [-0.2, 0) is 9.59 Å². The zero-order valence-electron chi connectivity index (χ0n) is 27.6. The highest BCUT2D eigenvalue weighted by Gasteiger charge is 2.40. The first-order valence-electron chi connectivity index (χ1n) is 16.9. The minimum Gasteiger partial charge on any atom is -0.490 e. The molecule has 3 heterocycles. The molecule has 4 amide bonds. The van der Waals surface area contributed by atoms with E-state index in [9.17, 15) is 14.4 Å². The summed E-state index contributed by atoms with van der Waals surface area (Å²) in [4.78, 5) is 44.8. The molecule has 8 nitrogen and oxygen atoms in total. The first-order valence-corrected chi connectivity index (χ1v) is 18.0. The average molecular weight is 768 g/mol. The van der Waals surface area contributed by atoms with Gasteiger partial charge in [0.2, 0.25) is 0 Å². The van der Waals surface area contributed by atoms with Gasteiger partial charge in [-0.3, -0.25) is 14.9 Å². The number of carbonyl (C=O) groups excluding carboxylic acids is 3. The monoisotopic (exact) mass is 767 g/mol. The number of amides is 4. The van der Waals surface area contributed by atoms with Gasteiger partial charge in [0.15, 0.2) is 11.5 Å². The lowest BCUT2D eigenvalue weighted by Gasteiger charge is -2.44. The van der Waals surface area contributed by atoms with Crippen molar-refractivity contribution < 1.29 is 23.9 Å². The molecule has 0 aliphatic carbocycles. The Labute approximate surface area is 300 Å². The van der Waals surface area contributed by atoms with Crippen LogP contribution in [0.4, 0.5) is 16.2 Å². The molecule has 0 aromatic heterocycles. The van der Waals surface area contributed by atoms with Gasteiger partial charge >= 0.3 is 6.03 Å². The van der Waals surface area contributed by atoms with E-state index < -0.39 is 17.8 Å². The number of hydrogen-bond acceptors (Lipinski definition) is 6. The van der Waals surface area contributed by atoms with Crippen LogP contribution in [0.1, 0.15) is 72.8 Å². The number of imide groups is 2. The van der Waals surface area contributed by atoms with Crippen LogP contribution in [0.15, 0.2) is 90.5 Å². The maximum Gasteiger partial charge on any atom is 0.335 e. The van der Waals surface area contributed by atoms with Crippen LogP contribution in [0.3, 0.4) is 0 Å². The van der Waals surface area contributed by atoms with Crippen LogP contribution in [0, 0.1) is 3.57 Å². The summed E-state index contributed by atoms with van der Waals surface area (Å²) in [5.41, 5.74) is 6.66. The number of benzene rings is 4. The van der Waals surface area contributed by atoms with Crippen LogP contribution in [0.5, 0.6) is 11.5 Å². The highest BCUT2D eigenvalue weighted by Crippen LogP contribution is 2.50. The molecule has 4 aromatic carbocycles. The molecule has 1 N–H and O–H groups in total. The molecule has 2 atom stereocenters. The second-order valence-corrected chi connectivity index (χ2v) is 13.7. The number of nitrogens with zero attached hydrogens (tertiary/aromatic N) is 2. The first kappa shape index (κ1) is 32.9. The Morgan fingerprint density at radius 1 is 0.837 bits per heavy atom. The second-order valence-electron chi connectivity index (χ2n) is 12.5. The summed E-state index contributed by atoms with van der Waals surface area (Å²) in [6.07, 6.45) is 4.19. The number of anilines is 2. The fourth-order valence-corrected chi connectivity index (χ4v) is 8.09. The van der Waals surface area contributed by atoms with Crippen molar-refractivity contribution in [1.82, 2.24) is 5.32 Å². The number of carbonyl (C=O) groups is 3. The minimum absolute atomic E-state index is 0.0905. The van der Waals surface area contributed by atoms with E-state index in [1.165, 1.54) is 22.9 Å². The Bertz CT molecular complexity index is 1870. The molecule has 4 aromatic rings. The summed E-state index contributed by atoms with van der Waals surface area (Å²) in [5, 5.41) is 2.44. The molecule has 9 heteroatoms. The fourth-order valence-electron chi connectivity index (χ4n) is 7.31. The minimum atomic E-state index is -0.761. The van der Waals surface area contributed by atoms with Crippen molar-refractivity contribution in [3.05, 3.63) is 122 Å². The lowest BCUT2D eigenvalue weighted by Crippen LogP contribution is -2.54. The number of nitrogens with one attached hydrogen (secondary N) is 1. The maximum absolute atomic E-state index is 14.3. The summed E-state index contributed by atoms with van der Waals surface area (Å²) in [6, 6.07) is 27.6. The SMILES string of the molecule is CCCOc1c(I)cc(/C=C2\C(=O)NC(=O)N(c3cc4c5c(c3)[C@H](c3ccccc3)CCN5CC[C@H]4c3ccccc3)C2=O)cc1OCC. The molecular weight excluding hydrogens is 729 g/mol. The third kappa shape index (κ3) is 6.32. The smallest absolute Gasteiger partial charge is 0.335 e. The molecule has 1 fully saturated rings. The van der Waals surface area contributed by atoms with Crippen LogP contribution in [-0.4, -0.2) is 44.1 Å². The third-order valence-corrected chi connectivity index (χ3v) is 10.3. The van der Waals surface area contributed by atoms with Gasteiger partial charge in [-0.1, -0.05) is 67.6 Å². The maximum atomic E-state index is 14.3. The number of halogens is 1. The molecule has 0 radical (unpaired) electrons. The number of barbiturate groups is 1. The second kappa shape index (κ2) is 14.1. The molecular formula is C40H38IN3O5. The van der Waals surface area contributed by atoms with Crippen LogP contribution in [0.2, 0.25) is 0 Å². The third-order valence-electron chi connectivity index (χ3n) is 9.45. The molecule has 3 aliphatic heterocycles. The van der Waals surface area contributed by atoms with Gasteiger partial charge < -0.3 is 14.4 Å². The molecule has 250 valence electrons. The predicted octanol–water partition coefficient (Wildman–Crippen LogP) is 8.02. The van der Waals surface area contributed by atoms with Crippen molar-refractivity contribution in [2.75, 3.05) is 36.1 Å². The van der Waals surface area contributed by atoms with E-state index in [1.54, 1.807) is 6.07 Å². The van der Waals surface area contributed by atoms with Crippen molar-refractivity contribution in [3.63, 3.8) is 0 Å². The predicted molar refractivity (Wildman–Crippen MR) is 200 cm³/mol. The van der Waals surface area contributed by atoms with E-state index >= 15 is 0 Å². The van der Waals surface area contributed by atoms with E-state index in [2.05, 4.69) is 81.3 Å². The molecule has 7 rings (SSSR count). The number of hydrogen-bond donors (Lipinski definition) is 1. The van der Waals surface area contributed by atoms with Crippen LogP contribution >= 0.6 is 22.6 Å². The van der Waals surface area contributed by atoms with Gasteiger partial charge in [-0.25, -0.2) is 9.69 Å². The van der Waals surface area contributed by atoms with Crippen molar-refractivity contribution in [2.24, 2.45) is 0 Å². The standard InChI is InChI=1S/C40H38IN3O5/c1-3-19-49-37-34(41)21-25(22-35(37)48-4-2)20-33-38(45)42-40(47)44(39(33)46)28-23-31-29(26-11-7-5-8-12-26)15-17-43-18-16-30(32(24-28)36(31)43)27-13-9-6-10-14-27/h5-14,20-24,29-30H,3-4,15-19H2,1-2H3,(H,42,45,47)/b33-20+/t29-,30-/m0/s1. The molecule has 1 saturated heterocycles. The van der Waals surface area contributed by atoms with Gasteiger partial charge in [0.1, 0.15) is 5.57 Å². The zero-order chi connectivity index (χ0) is 34.1. The van der Waals surface area contributed by atoms with Crippen molar-refractivity contribution in [3.8, 4) is 11.5 Å². The molecule has 0 spiro atoms. The Morgan fingerprint density at radius 2 is 1.45 bits per heavy atom. The van der Waals surface area contributed by atoms with Gasteiger partial charge in [-0.2, -0.15) is 0 Å². The molecule has 0 saturated carbocycles. The summed E-state index contributed by atoms with van der Waals surface area (Å²) < 4.78 is 12.6. The molecule has 0 unspecified atom stereocenters. The Kier molecular flexibility index (Phi) is 9.44. The zero-order valence-corrected chi connectivity index (χ0v) is 29.7. The van der Waals surface area contributed by atoms with E-state index in [1.807, 2.05) is 44.2 Å². The quantitative estimate of drug-likeness (QED) is 0.106. The first-order chi connectivity index (χ1) is 23.9. The highest BCUT2D eigenvalue weighted by atomic mass is 127. The number of urea groups is 1. The molecule has 3 aliphatic rings. The fraction of sp³-hybridized carbons (Fsp3) is 0.275. The summed E-state index contributed by atoms with van der Waals surface area (Å²) in [7, 11) is 0. The van der Waals surface area contributed by atoms with E-state index in [0.29, 0.717) is 36.0 Å². The summed E-state index contributed by atoms with van der Waals surface area (Å²) >= 11 is 2.17. The molecule has 0 bridgehead atoms. The van der Waals surface area contributed by atoms with Gasteiger partial charge in [0.05, 0.1) is 22.5 Å². The van der Waals surface area contributed by atoms with Gasteiger partial charge in [-0.15, -0.1) is 0 Å². The largest absolute Gasteiger partial charge is 0.490 e. The van der Waals surface area contributed by atoms with Gasteiger partial charge in [0, 0.05) is 30.6 Å².